The predicted octanol–water partition coefficient (Wildman–Crippen LogP) is 6.51. The molecule has 0 aliphatic rings. The van der Waals surface area contributed by atoms with Gasteiger partial charge in [-0.05, 0) is 55.8 Å². The second-order valence-corrected chi connectivity index (χ2v) is 7.07. The highest BCUT2D eigenvalue weighted by Crippen LogP contribution is 2.22. The second-order valence-electron chi connectivity index (χ2n) is 7.07. The number of rotatable bonds is 11. The molecule has 0 amide bonds. The lowest BCUT2D eigenvalue weighted by Crippen LogP contribution is -2.04. The Morgan fingerprint density at radius 1 is 0.778 bits per heavy atom. The van der Waals surface area contributed by atoms with E-state index in [1.807, 2.05) is 0 Å². The van der Waals surface area contributed by atoms with Gasteiger partial charge in [0.05, 0.1) is 0 Å². The number of hydrogen-bond donors (Lipinski definition) is 0. The standard InChI is InChI=1S/C18H37/c1-7-10-16(4)14-18(6)12-9-8-11-17(5)13-15(2)3/h9,15-18H,7-8,10-14H2,1-6H3. The van der Waals surface area contributed by atoms with Gasteiger partial charge in [-0.2, -0.15) is 0 Å². The van der Waals surface area contributed by atoms with Crippen LogP contribution < -0.4 is 0 Å². The predicted molar refractivity (Wildman–Crippen MR) is 84.6 cm³/mol. The minimum atomic E-state index is 0.855. The highest BCUT2D eigenvalue weighted by atomic mass is 14.1. The van der Waals surface area contributed by atoms with Gasteiger partial charge in [-0.25, -0.2) is 0 Å². The van der Waals surface area contributed by atoms with Crippen molar-refractivity contribution < 1.29 is 0 Å². The van der Waals surface area contributed by atoms with Crippen LogP contribution in [0.2, 0.25) is 0 Å². The molecule has 3 unspecified atom stereocenters. The highest BCUT2D eigenvalue weighted by molar-refractivity contribution is 4.72. The fourth-order valence-electron chi connectivity index (χ4n) is 3.12. The van der Waals surface area contributed by atoms with E-state index in [4.69, 9.17) is 0 Å². The molecule has 0 aliphatic heterocycles. The van der Waals surface area contributed by atoms with Gasteiger partial charge in [-0.3, -0.25) is 0 Å². The summed E-state index contributed by atoms with van der Waals surface area (Å²) in [6.45, 7) is 14.2. The van der Waals surface area contributed by atoms with Crippen LogP contribution >= 0.6 is 0 Å². The third kappa shape index (κ3) is 11.1. The Morgan fingerprint density at radius 2 is 1.39 bits per heavy atom. The van der Waals surface area contributed by atoms with Crippen molar-refractivity contribution in [1.82, 2.24) is 0 Å². The summed E-state index contributed by atoms with van der Waals surface area (Å²) in [4.78, 5) is 0. The van der Waals surface area contributed by atoms with E-state index in [1.165, 1.54) is 44.9 Å². The van der Waals surface area contributed by atoms with Gasteiger partial charge in [0.15, 0.2) is 0 Å². The molecule has 0 nitrogen and oxygen atoms in total. The number of unbranched alkanes of at least 4 members (excludes halogenated alkanes) is 1. The lowest BCUT2D eigenvalue weighted by molar-refractivity contribution is 0.377. The zero-order valence-electron chi connectivity index (χ0n) is 13.8. The topological polar surface area (TPSA) is 0 Å². The van der Waals surface area contributed by atoms with E-state index in [0.29, 0.717) is 0 Å². The fourth-order valence-corrected chi connectivity index (χ4v) is 3.12. The zero-order valence-corrected chi connectivity index (χ0v) is 13.8. The van der Waals surface area contributed by atoms with Crippen molar-refractivity contribution >= 4 is 0 Å². The Balaban J connectivity index is 3.47. The molecule has 0 aliphatic carbocycles. The van der Waals surface area contributed by atoms with Crippen LogP contribution in [0.4, 0.5) is 0 Å². The summed E-state index contributed by atoms with van der Waals surface area (Å²) in [5.74, 6) is 3.55. The Labute approximate surface area is 117 Å². The lowest BCUT2D eigenvalue weighted by atomic mass is 9.89. The van der Waals surface area contributed by atoms with Crippen molar-refractivity contribution in [2.45, 2.75) is 86.5 Å². The van der Waals surface area contributed by atoms with Crippen molar-refractivity contribution in [2.24, 2.45) is 23.7 Å². The summed E-state index contributed by atoms with van der Waals surface area (Å²) in [5.41, 5.74) is 0. The molecule has 0 saturated carbocycles. The minimum absolute atomic E-state index is 0.855. The summed E-state index contributed by atoms with van der Waals surface area (Å²) in [6, 6.07) is 0. The SMILES string of the molecule is CCCC(C)CC(C)C[CH]CCC(C)CC(C)C. The van der Waals surface area contributed by atoms with Gasteiger partial charge in [0.2, 0.25) is 0 Å². The van der Waals surface area contributed by atoms with Gasteiger partial charge < -0.3 is 0 Å². The van der Waals surface area contributed by atoms with Crippen molar-refractivity contribution in [1.29, 1.82) is 0 Å². The first kappa shape index (κ1) is 18.0. The smallest absolute Gasteiger partial charge is 0.0383 e. The summed E-state index contributed by atoms with van der Waals surface area (Å²) >= 11 is 0. The third-order valence-corrected chi connectivity index (χ3v) is 3.89. The Bertz CT molecular complexity index is 171. The molecule has 0 rings (SSSR count). The van der Waals surface area contributed by atoms with Crippen molar-refractivity contribution in [3.05, 3.63) is 6.42 Å². The lowest BCUT2D eigenvalue weighted by Gasteiger charge is -2.17. The summed E-state index contributed by atoms with van der Waals surface area (Å²) in [6.07, 6.45) is 12.1. The first-order chi connectivity index (χ1) is 8.45. The molecule has 0 heterocycles. The largest absolute Gasteiger partial charge is 0.0654 e. The van der Waals surface area contributed by atoms with Gasteiger partial charge in [0.1, 0.15) is 0 Å². The maximum absolute atomic E-state index is 2.54. The van der Waals surface area contributed by atoms with Gasteiger partial charge in [-0.15, -0.1) is 0 Å². The van der Waals surface area contributed by atoms with Gasteiger partial charge >= 0.3 is 0 Å². The van der Waals surface area contributed by atoms with Crippen LogP contribution in [0.15, 0.2) is 0 Å². The quantitative estimate of drug-likeness (QED) is 0.368. The molecule has 3 atom stereocenters. The van der Waals surface area contributed by atoms with E-state index in [-0.39, 0.29) is 0 Å². The van der Waals surface area contributed by atoms with E-state index in [0.717, 1.165) is 23.7 Å². The first-order valence-electron chi connectivity index (χ1n) is 8.27. The molecular formula is C18H37. The average molecular weight is 253 g/mol. The van der Waals surface area contributed by atoms with Gasteiger partial charge in [0, 0.05) is 0 Å². The molecule has 0 N–H and O–H groups in total. The molecule has 0 aromatic heterocycles. The molecule has 18 heavy (non-hydrogen) atoms. The van der Waals surface area contributed by atoms with Crippen LogP contribution in [-0.4, -0.2) is 0 Å². The Morgan fingerprint density at radius 3 is 1.94 bits per heavy atom. The van der Waals surface area contributed by atoms with E-state index in [9.17, 15) is 0 Å². The normalized spacial score (nSPS) is 16.8. The molecular weight excluding hydrogens is 216 g/mol. The summed E-state index contributed by atoms with van der Waals surface area (Å²) < 4.78 is 0. The Hall–Kier alpha value is 0. The molecule has 0 heteroatoms. The van der Waals surface area contributed by atoms with Crippen LogP contribution in [0.5, 0.6) is 0 Å². The van der Waals surface area contributed by atoms with Crippen LogP contribution in [0.25, 0.3) is 0 Å². The molecule has 1 radical (unpaired) electrons. The van der Waals surface area contributed by atoms with E-state index in [2.05, 4.69) is 48.0 Å². The highest BCUT2D eigenvalue weighted by Gasteiger charge is 2.09. The number of hydrogen-bond acceptors (Lipinski definition) is 0. The molecule has 0 aromatic carbocycles. The summed E-state index contributed by atoms with van der Waals surface area (Å²) in [5, 5.41) is 0. The molecule has 109 valence electrons. The van der Waals surface area contributed by atoms with Gasteiger partial charge in [0.25, 0.3) is 0 Å². The van der Waals surface area contributed by atoms with Crippen LogP contribution in [0, 0.1) is 30.1 Å². The summed E-state index contributed by atoms with van der Waals surface area (Å²) in [7, 11) is 0. The van der Waals surface area contributed by atoms with E-state index in [1.54, 1.807) is 0 Å². The molecule has 0 fully saturated rings. The second kappa shape index (κ2) is 10.9. The van der Waals surface area contributed by atoms with Crippen molar-refractivity contribution in [3.8, 4) is 0 Å². The van der Waals surface area contributed by atoms with Crippen molar-refractivity contribution in [2.75, 3.05) is 0 Å². The van der Waals surface area contributed by atoms with E-state index >= 15 is 0 Å². The molecule has 0 spiro atoms. The maximum Gasteiger partial charge on any atom is -0.0383 e. The monoisotopic (exact) mass is 253 g/mol. The minimum Gasteiger partial charge on any atom is -0.0654 e. The van der Waals surface area contributed by atoms with Crippen LogP contribution in [-0.2, 0) is 0 Å². The Kier molecular flexibility index (Phi) is 10.9. The fraction of sp³-hybridized carbons (Fsp3) is 0.944. The molecule has 0 saturated heterocycles. The maximum atomic E-state index is 2.54. The third-order valence-electron chi connectivity index (χ3n) is 3.89. The zero-order chi connectivity index (χ0) is 14.0. The van der Waals surface area contributed by atoms with Crippen LogP contribution in [0.1, 0.15) is 86.5 Å². The van der Waals surface area contributed by atoms with E-state index < -0.39 is 0 Å². The first-order valence-corrected chi connectivity index (χ1v) is 8.27. The van der Waals surface area contributed by atoms with Crippen LogP contribution in [0.3, 0.4) is 0 Å². The van der Waals surface area contributed by atoms with Gasteiger partial charge in [-0.1, -0.05) is 60.8 Å². The van der Waals surface area contributed by atoms with Crippen molar-refractivity contribution in [3.63, 3.8) is 0 Å². The molecule has 0 aromatic rings. The average Bonchev–Trinajstić information content (AvgIpc) is 2.23. The molecule has 0 bridgehead atoms.